The van der Waals surface area contributed by atoms with Crippen molar-refractivity contribution in [1.29, 1.82) is 0 Å². The van der Waals surface area contributed by atoms with Gasteiger partial charge in [-0.2, -0.15) is 0 Å². The van der Waals surface area contributed by atoms with Gasteiger partial charge in [-0.05, 0) is 19.4 Å². The van der Waals surface area contributed by atoms with E-state index in [1.165, 1.54) is 12.8 Å². The lowest BCUT2D eigenvalue weighted by Gasteiger charge is -2.14. The van der Waals surface area contributed by atoms with Gasteiger partial charge in [0.25, 0.3) is 0 Å². The Kier molecular flexibility index (Phi) is 5.35. The van der Waals surface area contributed by atoms with Gasteiger partial charge in [0.1, 0.15) is 0 Å². The van der Waals surface area contributed by atoms with Gasteiger partial charge in [0.05, 0.1) is 6.61 Å². The zero-order valence-corrected chi connectivity index (χ0v) is 8.67. The molecule has 13 heavy (non-hydrogen) atoms. The Labute approximate surface area is 81.2 Å². The van der Waals surface area contributed by atoms with Gasteiger partial charge >= 0.3 is 0 Å². The van der Waals surface area contributed by atoms with Crippen LogP contribution in [0, 0.1) is 0 Å². The van der Waals surface area contributed by atoms with Crippen LogP contribution >= 0.6 is 0 Å². The van der Waals surface area contributed by atoms with Crippen molar-refractivity contribution in [2.45, 2.75) is 32.2 Å². The van der Waals surface area contributed by atoms with Crippen LogP contribution in [0.1, 0.15) is 26.2 Å². The molecule has 0 amide bonds. The summed E-state index contributed by atoms with van der Waals surface area (Å²) in [6.45, 7) is 7.22. The molecule has 3 nitrogen and oxygen atoms in total. The Bertz CT molecular complexity index is 130. The molecule has 0 aromatic rings. The van der Waals surface area contributed by atoms with Gasteiger partial charge in [0.2, 0.25) is 0 Å². The summed E-state index contributed by atoms with van der Waals surface area (Å²) in [6.07, 6.45) is 3.54. The van der Waals surface area contributed by atoms with Gasteiger partial charge in [-0.15, -0.1) is 0 Å². The molecule has 78 valence electrons. The first kappa shape index (κ1) is 11.0. The predicted octanol–water partition coefficient (Wildman–Crippen LogP) is 0.836. The van der Waals surface area contributed by atoms with Gasteiger partial charge in [0.15, 0.2) is 0 Å². The van der Waals surface area contributed by atoms with Crippen molar-refractivity contribution in [1.82, 2.24) is 4.90 Å². The molecule has 0 aromatic carbocycles. The lowest BCUT2D eigenvalue weighted by Crippen LogP contribution is -2.29. The Morgan fingerprint density at radius 2 is 2.31 bits per heavy atom. The van der Waals surface area contributed by atoms with Gasteiger partial charge < -0.3 is 10.5 Å². The van der Waals surface area contributed by atoms with Gasteiger partial charge in [-0.1, -0.05) is 13.3 Å². The van der Waals surface area contributed by atoms with E-state index >= 15 is 0 Å². The minimum atomic E-state index is 0.399. The minimum absolute atomic E-state index is 0.399. The first-order chi connectivity index (χ1) is 6.33. The number of unbranched alkanes of at least 4 members (excludes halogenated alkanes) is 1. The Balaban J connectivity index is 1.88. The highest BCUT2D eigenvalue weighted by molar-refractivity contribution is 4.77. The zero-order chi connectivity index (χ0) is 9.52. The molecule has 0 bridgehead atoms. The van der Waals surface area contributed by atoms with Crippen LogP contribution in [0.2, 0.25) is 0 Å². The summed E-state index contributed by atoms with van der Waals surface area (Å²) in [5.74, 6) is 0. The van der Waals surface area contributed by atoms with E-state index in [0.29, 0.717) is 6.04 Å². The molecule has 0 unspecified atom stereocenters. The third-order valence-corrected chi connectivity index (χ3v) is 2.50. The smallest absolute Gasteiger partial charge is 0.0593 e. The maximum atomic E-state index is 5.79. The maximum absolute atomic E-state index is 5.79. The van der Waals surface area contributed by atoms with Crippen molar-refractivity contribution in [2.75, 3.05) is 32.8 Å². The maximum Gasteiger partial charge on any atom is 0.0593 e. The van der Waals surface area contributed by atoms with E-state index < -0.39 is 0 Å². The quantitative estimate of drug-likeness (QED) is 0.625. The third kappa shape index (κ3) is 4.60. The summed E-state index contributed by atoms with van der Waals surface area (Å²) in [5, 5.41) is 0. The Hall–Kier alpha value is -0.120. The van der Waals surface area contributed by atoms with Crippen LogP contribution < -0.4 is 5.73 Å². The average Bonchev–Trinajstić information content (AvgIpc) is 2.51. The molecular weight excluding hydrogens is 164 g/mol. The third-order valence-electron chi connectivity index (χ3n) is 2.50. The molecule has 1 saturated heterocycles. The topological polar surface area (TPSA) is 38.5 Å². The van der Waals surface area contributed by atoms with Crippen LogP contribution in [-0.4, -0.2) is 43.8 Å². The summed E-state index contributed by atoms with van der Waals surface area (Å²) in [4.78, 5) is 2.39. The highest BCUT2D eigenvalue weighted by atomic mass is 16.5. The molecule has 1 heterocycles. The van der Waals surface area contributed by atoms with E-state index in [4.69, 9.17) is 10.5 Å². The number of ether oxygens (including phenoxy) is 1. The normalized spacial score (nSPS) is 24.0. The Morgan fingerprint density at radius 3 is 2.92 bits per heavy atom. The highest BCUT2D eigenvalue weighted by Gasteiger charge is 2.17. The molecule has 1 aliphatic heterocycles. The van der Waals surface area contributed by atoms with Crippen molar-refractivity contribution >= 4 is 0 Å². The molecule has 0 radical (unpaired) electrons. The molecule has 0 aromatic heterocycles. The number of hydrogen-bond acceptors (Lipinski definition) is 3. The van der Waals surface area contributed by atoms with E-state index in [1.54, 1.807) is 0 Å². The molecule has 3 heteroatoms. The van der Waals surface area contributed by atoms with Crippen LogP contribution in [0.4, 0.5) is 0 Å². The second kappa shape index (κ2) is 6.35. The van der Waals surface area contributed by atoms with Crippen molar-refractivity contribution < 1.29 is 4.74 Å². The second-order valence-electron chi connectivity index (χ2n) is 3.82. The summed E-state index contributed by atoms with van der Waals surface area (Å²) in [5.41, 5.74) is 5.79. The fraction of sp³-hybridized carbons (Fsp3) is 1.00. The number of rotatable bonds is 6. The zero-order valence-electron chi connectivity index (χ0n) is 8.67. The SMILES string of the molecule is CCCCOCCN1CC[C@@H](N)C1. The monoisotopic (exact) mass is 186 g/mol. The van der Waals surface area contributed by atoms with Crippen LogP contribution in [0.5, 0.6) is 0 Å². The van der Waals surface area contributed by atoms with Crippen LogP contribution in [0.3, 0.4) is 0 Å². The van der Waals surface area contributed by atoms with Crippen LogP contribution in [0.25, 0.3) is 0 Å². The Morgan fingerprint density at radius 1 is 1.46 bits per heavy atom. The highest BCUT2D eigenvalue weighted by Crippen LogP contribution is 2.05. The molecule has 1 atom stereocenters. The van der Waals surface area contributed by atoms with Gasteiger partial charge in [0, 0.05) is 25.7 Å². The van der Waals surface area contributed by atoms with E-state index in [9.17, 15) is 0 Å². The summed E-state index contributed by atoms with van der Waals surface area (Å²) in [6, 6.07) is 0.399. The van der Waals surface area contributed by atoms with Crippen molar-refractivity contribution in [3.63, 3.8) is 0 Å². The van der Waals surface area contributed by atoms with E-state index in [0.717, 1.165) is 39.3 Å². The molecule has 0 saturated carbocycles. The summed E-state index contributed by atoms with van der Waals surface area (Å²) in [7, 11) is 0. The fourth-order valence-electron chi connectivity index (χ4n) is 1.61. The molecule has 2 N–H and O–H groups in total. The molecule has 0 spiro atoms. The number of hydrogen-bond donors (Lipinski definition) is 1. The summed E-state index contributed by atoms with van der Waals surface area (Å²) >= 11 is 0. The van der Waals surface area contributed by atoms with E-state index in [1.807, 2.05) is 0 Å². The lowest BCUT2D eigenvalue weighted by atomic mass is 10.3. The second-order valence-corrected chi connectivity index (χ2v) is 3.82. The van der Waals surface area contributed by atoms with Crippen molar-refractivity contribution in [3.05, 3.63) is 0 Å². The lowest BCUT2D eigenvalue weighted by molar-refractivity contribution is 0.108. The molecule has 1 fully saturated rings. The molecule has 1 rings (SSSR count). The molecular formula is C10H22N2O. The van der Waals surface area contributed by atoms with Gasteiger partial charge in [-0.3, -0.25) is 4.90 Å². The van der Waals surface area contributed by atoms with E-state index in [2.05, 4.69) is 11.8 Å². The number of nitrogens with zero attached hydrogens (tertiary/aromatic N) is 1. The number of likely N-dealkylation sites (tertiary alicyclic amines) is 1. The predicted molar refractivity (Wildman–Crippen MR) is 54.8 cm³/mol. The van der Waals surface area contributed by atoms with Crippen LogP contribution in [0.15, 0.2) is 0 Å². The molecule has 0 aliphatic carbocycles. The molecule has 1 aliphatic rings. The standard InChI is InChI=1S/C10H22N2O/c1-2-3-7-13-8-6-12-5-4-10(11)9-12/h10H,2-9,11H2,1H3/t10-/m1/s1. The number of nitrogens with two attached hydrogens (primary N) is 1. The van der Waals surface area contributed by atoms with E-state index in [-0.39, 0.29) is 0 Å². The largest absolute Gasteiger partial charge is 0.380 e. The first-order valence-electron chi connectivity index (χ1n) is 5.38. The van der Waals surface area contributed by atoms with Crippen molar-refractivity contribution in [3.8, 4) is 0 Å². The first-order valence-corrected chi connectivity index (χ1v) is 5.38. The summed E-state index contributed by atoms with van der Waals surface area (Å²) < 4.78 is 5.49. The minimum Gasteiger partial charge on any atom is -0.380 e. The average molecular weight is 186 g/mol. The van der Waals surface area contributed by atoms with Crippen LogP contribution in [-0.2, 0) is 4.74 Å². The van der Waals surface area contributed by atoms with Crippen molar-refractivity contribution in [2.24, 2.45) is 5.73 Å². The fourth-order valence-corrected chi connectivity index (χ4v) is 1.61. The van der Waals surface area contributed by atoms with Gasteiger partial charge in [-0.25, -0.2) is 0 Å².